The maximum atomic E-state index is 13.2. The molecule has 0 unspecified atom stereocenters. The number of nitrogens with zero attached hydrogens (tertiary/aromatic N) is 2. The standard InChI is InChI=1S/C19H22N2O6S/c1-5-20(17-9-7-8-16(14(17)4)19(22)27-6-2)28(25,26)15-11-10-13(3)18(12-15)21(23)24/h7-12H,5-6H2,1-4H3. The van der Waals surface area contributed by atoms with E-state index in [1.807, 2.05) is 0 Å². The summed E-state index contributed by atoms with van der Waals surface area (Å²) >= 11 is 0. The number of carbonyl (C=O) groups excluding carboxylic acids is 1. The zero-order valence-corrected chi connectivity index (χ0v) is 16.9. The molecule has 0 aliphatic heterocycles. The van der Waals surface area contributed by atoms with Crippen molar-refractivity contribution in [1.29, 1.82) is 0 Å². The third-order valence-electron chi connectivity index (χ3n) is 4.32. The van der Waals surface area contributed by atoms with Gasteiger partial charge in [-0.1, -0.05) is 12.1 Å². The van der Waals surface area contributed by atoms with Crippen LogP contribution in [0.5, 0.6) is 0 Å². The summed E-state index contributed by atoms with van der Waals surface area (Å²) in [6, 6.07) is 8.52. The molecular formula is C19H22N2O6S. The number of rotatable bonds is 7. The van der Waals surface area contributed by atoms with Crippen molar-refractivity contribution in [2.75, 3.05) is 17.5 Å². The van der Waals surface area contributed by atoms with Crippen LogP contribution in [0.1, 0.15) is 35.3 Å². The second-order valence-electron chi connectivity index (χ2n) is 6.05. The van der Waals surface area contributed by atoms with Crippen LogP contribution in [-0.4, -0.2) is 32.5 Å². The molecule has 0 heterocycles. The van der Waals surface area contributed by atoms with Crippen LogP contribution in [-0.2, 0) is 14.8 Å². The number of sulfonamides is 1. The topological polar surface area (TPSA) is 107 Å². The maximum Gasteiger partial charge on any atom is 0.338 e. The smallest absolute Gasteiger partial charge is 0.338 e. The van der Waals surface area contributed by atoms with Crippen molar-refractivity contribution in [2.24, 2.45) is 0 Å². The van der Waals surface area contributed by atoms with Crippen LogP contribution in [0.2, 0.25) is 0 Å². The minimum absolute atomic E-state index is 0.0805. The number of hydrogen-bond donors (Lipinski definition) is 0. The summed E-state index contributed by atoms with van der Waals surface area (Å²) in [5, 5.41) is 11.2. The predicted molar refractivity (Wildman–Crippen MR) is 105 cm³/mol. The first-order valence-corrected chi connectivity index (χ1v) is 10.1. The first kappa shape index (κ1) is 21.4. The zero-order valence-electron chi connectivity index (χ0n) is 16.1. The predicted octanol–water partition coefficient (Wildman–Crippen LogP) is 3.60. The Hall–Kier alpha value is -2.94. The molecule has 0 amide bonds. The second kappa shape index (κ2) is 8.39. The van der Waals surface area contributed by atoms with Gasteiger partial charge in [0.05, 0.1) is 27.7 Å². The molecule has 2 aromatic carbocycles. The number of carbonyl (C=O) groups is 1. The van der Waals surface area contributed by atoms with Gasteiger partial charge in [-0.05, 0) is 51.5 Å². The Balaban J connectivity index is 2.59. The van der Waals surface area contributed by atoms with Crippen LogP contribution < -0.4 is 4.31 Å². The Morgan fingerprint density at radius 1 is 1.18 bits per heavy atom. The lowest BCUT2D eigenvalue weighted by Crippen LogP contribution is -2.31. The van der Waals surface area contributed by atoms with Crippen molar-refractivity contribution in [2.45, 2.75) is 32.6 Å². The van der Waals surface area contributed by atoms with Crippen LogP contribution in [0.15, 0.2) is 41.3 Å². The van der Waals surface area contributed by atoms with Crippen molar-refractivity contribution in [3.05, 3.63) is 63.2 Å². The van der Waals surface area contributed by atoms with Crippen LogP contribution in [0, 0.1) is 24.0 Å². The van der Waals surface area contributed by atoms with Crippen molar-refractivity contribution in [3.8, 4) is 0 Å². The number of anilines is 1. The first-order valence-electron chi connectivity index (χ1n) is 8.69. The molecule has 8 nitrogen and oxygen atoms in total. The quantitative estimate of drug-likeness (QED) is 0.395. The van der Waals surface area contributed by atoms with E-state index < -0.39 is 20.9 Å². The van der Waals surface area contributed by atoms with Crippen molar-refractivity contribution >= 4 is 27.4 Å². The van der Waals surface area contributed by atoms with Crippen LogP contribution >= 0.6 is 0 Å². The average molecular weight is 406 g/mol. The number of benzene rings is 2. The summed E-state index contributed by atoms with van der Waals surface area (Å²) in [7, 11) is -4.08. The van der Waals surface area contributed by atoms with Gasteiger partial charge in [0.1, 0.15) is 0 Å². The van der Waals surface area contributed by atoms with Gasteiger partial charge < -0.3 is 4.74 Å². The Kier molecular flexibility index (Phi) is 6.40. The number of nitro groups is 1. The average Bonchev–Trinajstić information content (AvgIpc) is 2.63. The van der Waals surface area contributed by atoms with E-state index >= 15 is 0 Å². The van der Waals surface area contributed by atoms with E-state index in [1.54, 1.807) is 45.9 Å². The zero-order chi connectivity index (χ0) is 21.1. The molecule has 2 rings (SSSR count). The molecule has 0 atom stereocenters. The van der Waals surface area contributed by atoms with Crippen LogP contribution in [0.3, 0.4) is 0 Å². The Bertz CT molecular complexity index is 1020. The molecule has 2 aromatic rings. The summed E-state index contributed by atoms with van der Waals surface area (Å²) < 4.78 is 32.5. The summed E-state index contributed by atoms with van der Waals surface area (Å²) in [4.78, 5) is 22.5. The van der Waals surface area contributed by atoms with E-state index in [2.05, 4.69) is 0 Å². The molecule has 28 heavy (non-hydrogen) atoms. The molecule has 0 bridgehead atoms. The molecular weight excluding hydrogens is 384 g/mol. The third kappa shape index (κ3) is 3.99. The van der Waals surface area contributed by atoms with E-state index in [4.69, 9.17) is 4.74 Å². The molecule has 150 valence electrons. The SMILES string of the molecule is CCOC(=O)c1cccc(N(CC)S(=O)(=O)c2ccc(C)c([N+](=O)[O-])c2)c1C. The van der Waals surface area contributed by atoms with Gasteiger partial charge in [-0.3, -0.25) is 14.4 Å². The molecule has 0 aromatic heterocycles. The number of hydrogen-bond acceptors (Lipinski definition) is 6. The molecule has 0 fully saturated rings. The molecule has 0 N–H and O–H groups in total. The van der Waals surface area contributed by atoms with E-state index in [0.29, 0.717) is 16.8 Å². The highest BCUT2D eigenvalue weighted by atomic mass is 32.2. The normalized spacial score (nSPS) is 11.1. The Morgan fingerprint density at radius 3 is 2.43 bits per heavy atom. The minimum atomic E-state index is -4.08. The number of nitro benzene ring substituents is 1. The van der Waals surface area contributed by atoms with E-state index in [9.17, 15) is 23.3 Å². The fraction of sp³-hybridized carbons (Fsp3) is 0.316. The van der Waals surface area contributed by atoms with Gasteiger partial charge in [0.25, 0.3) is 15.7 Å². The molecule has 0 radical (unpaired) electrons. The van der Waals surface area contributed by atoms with Gasteiger partial charge in [-0.25, -0.2) is 13.2 Å². The summed E-state index contributed by atoms with van der Waals surface area (Å²) in [6.07, 6.45) is 0. The van der Waals surface area contributed by atoms with Crippen molar-refractivity contribution < 1.29 is 22.9 Å². The van der Waals surface area contributed by atoms with Crippen LogP contribution in [0.25, 0.3) is 0 Å². The highest BCUT2D eigenvalue weighted by Gasteiger charge is 2.28. The molecule has 9 heteroatoms. The van der Waals surface area contributed by atoms with Gasteiger partial charge in [0.2, 0.25) is 0 Å². The van der Waals surface area contributed by atoms with Crippen molar-refractivity contribution in [1.82, 2.24) is 0 Å². The van der Waals surface area contributed by atoms with Gasteiger partial charge >= 0.3 is 5.97 Å². The monoisotopic (exact) mass is 406 g/mol. The third-order valence-corrected chi connectivity index (χ3v) is 6.21. The lowest BCUT2D eigenvalue weighted by atomic mass is 10.1. The lowest BCUT2D eigenvalue weighted by molar-refractivity contribution is -0.385. The lowest BCUT2D eigenvalue weighted by Gasteiger charge is -2.25. The van der Waals surface area contributed by atoms with Gasteiger partial charge in [0, 0.05) is 18.2 Å². The molecule has 0 aliphatic rings. The van der Waals surface area contributed by atoms with E-state index in [0.717, 1.165) is 10.4 Å². The fourth-order valence-electron chi connectivity index (χ4n) is 2.87. The van der Waals surface area contributed by atoms with Gasteiger partial charge in [-0.2, -0.15) is 0 Å². The number of ether oxygens (including phenoxy) is 1. The van der Waals surface area contributed by atoms with Crippen LogP contribution in [0.4, 0.5) is 11.4 Å². The highest BCUT2D eigenvalue weighted by molar-refractivity contribution is 7.92. The summed E-state index contributed by atoms with van der Waals surface area (Å²) in [6.45, 7) is 6.79. The summed E-state index contributed by atoms with van der Waals surface area (Å²) in [5.74, 6) is -0.540. The molecule has 0 saturated heterocycles. The molecule has 0 aliphatic carbocycles. The Morgan fingerprint density at radius 2 is 1.86 bits per heavy atom. The maximum absolute atomic E-state index is 13.2. The van der Waals surface area contributed by atoms with Gasteiger partial charge in [0.15, 0.2) is 0 Å². The van der Waals surface area contributed by atoms with E-state index in [1.165, 1.54) is 12.1 Å². The number of aryl methyl sites for hydroxylation is 1. The highest BCUT2D eigenvalue weighted by Crippen LogP contribution is 2.31. The molecule has 0 saturated carbocycles. The second-order valence-corrected chi connectivity index (χ2v) is 7.91. The molecule has 0 spiro atoms. The first-order chi connectivity index (χ1) is 13.1. The van der Waals surface area contributed by atoms with Gasteiger partial charge in [-0.15, -0.1) is 0 Å². The Labute approximate surface area is 163 Å². The van der Waals surface area contributed by atoms with E-state index in [-0.39, 0.29) is 29.3 Å². The fourth-order valence-corrected chi connectivity index (χ4v) is 4.42. The minimum Gasteiger partial charge on any atom is -0.462 e. The van der Waals surface area contributed by atoms with Crippen molar-refractivity contribution in [3.63, 3.8) is 0 Å². The summed E-state index contributed by atoms with van der Waals surface area (Å²) in [5.41, 5.74) is 1.13. The largest absolute Gasteiger partial charge is 0.462 e. The number of esters is 1.